The normalized spacial score (nSPS) is 11.7. The fraction of sp³-hybridized carbons (Fsp3) is 0.176. The highest BCUT2D eigenvalue weighted by Gasteiger charge is 2.19. The summed E-state index contributed by atoms with van der Waals surface area (Å²) in [7, 11) is 0. The van der Waals surface area contributed by atoms with Crippen LogP contribution >= 0.6 is 0 Å². The summed E-state index contributed by atoms with van der Waals surface area (Å²) in [6.07, 6.45) is -1.01. The number of aliphatic hydroxyl groups is 1. The van der Waals surface area contributed by atoms with Gasteiger partial charge in [0, 0.05) is 6.54 Å². The van der Waals surface area contributed by atoms with Crippen LogP contribution in [-0.2, 0) is 9.59 Å². The molecule has 24 heavy (non-hydrogen) atoms. The molecule has 5 nitrogen and oxygen atoms in total. The van der Waals surface area contributed by atoms with Gasteiger partial charge in [0.25, 0.3) is 0 Å². The van der Waals surface area contributed by atoms with Gasteiger partial charge in [0.1, 0.15) is 17.3 Å². The van der Waals surface area contributed by atoms with Gasteiger partial charge in [-0.2, -0.15) is 0 Å². The van der Waals surface area contributed by atoms with Gasteiger partial charge in [-0.15, -0.1) is 0 Å². The van der Waals surface area contributed by atoms with E-state index in [0.717, 1.165) is 23.8 Å². The minimum absolute atomic E-state index is 0.211. The lowest BCUT2D eigenvalue weighted by atomic mass is 10.0. The third kappa shape index (κ3) is 4.14. The predicted molar refractivity (Wildman–Crippen MR) is 84.1 cm³/mol. The van der Waals surface area contributed by atoms with E-state index in [4.69, 9.17) is 0 Å². The van der Waals surface area contributed by atoms with E-state index < -0.39 is 35.2 Å². The maximum absolute atomic E-state index is 13.4. The molecule has 3 N–H and O–H groups in total. The summed E-state index contributed by atoms with van der Waals surface area (Å²) in [4.78, 5) is 23.4. The number of halogens is 2. The first-order valence-electron chi connectivity index (χ1n) is 7.17. The van der Waals surface area contributed by atoms with E-state index in [1.165, 1.54) is 0 Å². The zero-order chi connectivity index (χ0) is 17.7. The van der Waals surface area contributed by atoms with Crippen LogP contribution in [0.2, 0.25) is 0 Å². The number of rotatable bonds is 4. The van der Waals surface area contributed by atoms with Crippen molar-refractivity contribution in [1.82, 2.24) is 5.32 Å². The maximum atomic E-state index is 13.4. The van der Waals surface area contributed by atoms with Crippen LogP contribution < -0.4 is 10.6 Å². The van der Waals surface area contributed by atoms with Crippen molar-refractivity contribution in [2.24, 2.45) is 0 Å². The third-order valence-corrected chi connectivity index (χ3v) is 3.41. The summed E-state index contributed by atoms with van der Waals surface area (Å²) < 4.78 is 26.9. The van der Waals surface area contributed by atoms with E-state index in [1.807, 2.05) is 5.32 Å². The minimum atomic E-state index is -1.23. The highest BCUT2D eigenvalue weighted by molar-refractivity contribution is 6.39. The SMILES string of the molecule is Cc1ccccc1C(O)CNC(=O)C(=O)Nc1c(F)cccc1F. The van der Waals surface area contributed by atoms with Crippen LogP contribution in [0.1, 0.15) is 17.2 Å². The number of para-hydroxylation sites is 1. The van der Waals surface area contributed by atoms with Crippen LogP contribution in [0.5, 0.6) is 0 Å². The topological polar surface area (TPSA) is 78.4 Å². The van der Waals surface area contributed by atoms with Gasteiger partial charge >= 0.3 is 11.8 Å². The largest absolute Gasteiger partial charge is 0.387 e. The van der Waals surface area contributed by atoms with E-state index in [1.54, 1.807) is 31.2 Å². The van der Waals surface area contributed by atoms with Gasteiger partial charge in [0.15, 0.2) is 0 Å². The Bertz CT molecular complexity index is 745. The number of hydrogen-bond donors (Lipinski definition) is 3. The van der Waals surface area contributed by atoms with Crippen LogP contribution in [0.3, 0.4) is 0 Å². The molecule has 0 aliphatic carbocycles. The van der Waals surface area contributed by atoms with Gasteiger partial charge in [0.05, 0.1) is 6.10 Å². The van der Waals surface area contributed by atoms with Crippen molar-refractivity contribution >= 4 is 17.5 Å². The van der Waals surface area contributed by atoms with E-state index in [-0.39, 0.29) is 6.54 Å². The first kappa shape index (κ1) is 17.6. The third-order valence-electron chi connectivity index (χ3n) is 3.41. The Balaban J connectivity index is 1.95. The fourth-order valence-electron chi connectivity index (χ4n) is 2.13. The number of amides is 2. The lowest BCUT2D eigenvalue weighted by molar-refractivity contribution is -0.136. The second-order valence-electron chi connectivity index (χ2n) is 5.13. The summed E-state index contributed by atoms with van der Waals surface area (Å²) in [5, 5.41) is 14.1. The molecule has 0 aliphatic rings. The van der Waals surface area contributed by atoms with Crippen molar-refractivity contribution in [1.29, 1.82) is 0 Å². The molecule has 0 saturated heterocycles. The molecule has 2 amide bonds. The molecule has 0 heterocycles. The number of nitrogens with one attached hydrogen (secondary N) is 2. The average Bonchev–Trinajstić information content (AvgIpc) is 2.56. The van der Waals surface area contributed by atoms with Crippen LogP contribution in [0.15, 0.2) is 42.5 Å². The maximum Gasteiger partial charge on any atom is 0.313 e. The number of anilines is 1. The molecule has 1 unspecified atom stereocenters. The van der Waals surface area contributed by atoms with Gasteiger partial charge in [-0.1, -0.05) is 30.3 Å². The molecule has 2 aromatic rings. The van der Waals surface area contributed by atoms with Crippen molar-refractivity contribution in [2.45, 2.75) is 13.0 Å². The summed E-state index contributed by atoms with van der Waals surface area (Å²) in [6, 6.07) is 10.1. The highest BCUT2D eigenvalue weighted by Crippen LogP contribution is 2.18. The van der Waals surface area contributed by atoms with Gasteiger partial charge in [-0.3, -0.25) is 9.59 Å². The predicted octanol–water partition coefficient (Wildman–Crippen LogP) is 2.06. The zero-order valence-corrected chi connectivity index (χ0v) is 12.8. The number of hydrogen-bond acceptors (Lipinski definition) is 3. The standard InChI is InChI=1S/C17H16F2N2O3/c1-10-5-2-3-6-11(10)14(22)9-20-16(23)17(24)21-15-12(18)7-4-8-13(15)19/h2-8,14,22H,9H2,1H3,(H,20,23)(H,21,24). The first-order valence-corrected chi connectivity index (χ1v) is 7.17. The second kappa shape index (κ2) is 7.65. The Morgan fingerprint density at radius 1 is 1.04 bits per heavy atom. The Morgan fingerprint density at radius 2 is 1.67 bits per heavy atom. The summed E-state index contributed by atoms with van der Waals surface area (Å²) >= 11 is 0. The number of aryl methyl sites for hydroxylation is 1. The Morgan fingerprint density at radius 3 is 2.29 bits per heavy atom. The molecule has 0 aliphatic heterocycles. The van der Waals surface area contributed by atoms with Crippen molar-refractivity contribution in [3.05, 3.63) is 65.2 Å². The monoisotopic (exact) mass is 334 g/mol. The summed E-state index contributed by atoms with van der Waals surface area (Å²) in [5.41, 5.74) is 0.743. The smallest absolute Gasteiger partial charge is 0.313 e. The summed E-state index contributed by atoms with van der Waals surface area (Å²) in [6.45, 7) is 1.59. The number of carbonyl (C=O) groups is 2. The zero-order valence-electron chi connectivity index (χ0n) is 12.8. The molecular weight excluding hydrogens is 318 g/mol. The lowest BCUT2D eigenvalue weighted by Gasteiger charge is -2.14. The Hall–Kier alpha value is -2.80. The molecule has 2 rings (SSSR count). The van der Waals surface area contributed by atoms with Crippen LogP contribution in [0.25, 0.3) is 0 Å². The molecule has 7 heteroatoms. The minimum Gasteiger partial charge on any atom is -0.387 e. The van der Waals surface area contributed by atoms with Crippen LogP contribution in [0.4, 0.5) is 14.5 Å². The van der Waals surface area contributed by atoms with Gasteiger partial charge < -0.3 is 15.7 Å². The van der Waals surface area contributed by atoms with Crippen molar-refractivity contribution in [3.8, 4) is 0 Å². The highest BCUT2D eigenvalue weighted by atomic mass is 19.1. The average molecular weight is 334 g/mol. The molecule has 0 aromatic heterocycles. The molecule has 0 radical (unpaired) electrons. The molecule has 0 bridgehead atoms. The number of benzene rings is 2. The van der Waals surface area contributed by atoms with E-state index in [2.05, 4.69) is 5.32 Å². The van der Waals surface area contributed by atoms with Gasteiger partial charge in [0.2, 0.25) is 0 Å². The molecular formula is C17H16F2N2O3. The van der Waals surface area contributed by atoms with E-state index >= 15 is 0 Å². The quantitative estimate of drug-likeness (QED) is 0.749. The van der Waals surface area contributed by atoms with Gasteiger partial charge in [-0.05, 0) is 30.2 Å². The van der Waals surface area contributed by atoms with Crippen LogP contribution in [-0.4, -0.2) is 23.5 Å². The first-order chi connectivity index (χ1) is 11.4. The van der Waals surface area contributed by atoms with Crippen LogP contribution in [0, 0.1) is 18.6 Å². The van der Waals surface area contributed by atoms with E-state index in [0.29, 0.717) is 5.56 Å². The lowest BCUT2D eigenvalue weighted by Crippen LogP contribution is -2.38. The van der Waals surface area contributed by atoms with Crippen molar-refractivity contribution < 1.29 is 23.5 Å². The van der Waals surface area contributed by atoms with Gasteiger partial charge in [-0.25, -0.2) is 8.78 Å². The van der Waals surface area contributed by atoms with Crippen molar-refractivity contribution in [2.75, 3.05) is 11.9 Å². The Labute approximate surface area is 137 Å². The molecule has 1 atom stereocenters. The summed E-state index contributed by atoms with van der Waals surface area (Å²) in [5.74, 6) is -4.31. The molecule has 0 saturated carbocycles. The number of carbonyl (C=O) groups excluding carboxylic acids is 2. The number of aliphatic hydroxyl groups excluding tert-OH is 1. The van der Waals surface area contributed by atoms with E-state index in [9.17, 15) is 23.5 Å². The molecule has 126 valence electrons. The Kier molecular flexibility index (Phi) is 5.59. The molecule has 0 spiro atoms. The molecule has 0 fully saturated rings. The fourth-order valence-corrected chi connectivity index (χ4v) is 2.13. The van der Waals surface area contributed by atoms with Crippen molar-refractivity contribution in [3.63, 3.8) is 0 Å². The molecule has 2 aromatic carbocycles. The second-order valence-corrected chi connectivity index (χ2v) is 5.13.